The van der Waals surface area contributed by atoms with Gasteiger partial charge in [-0.15, -0.1) is 0 Å². The topological polar surface area (TPSA) is 56.5 Å². The molecule has 1 saturated heterocycles. The van der Waals surface area contributed by atoms with E-state index in [-0.39, 0.29) is 23.5 Å². The van der Waals surface area contributed by atoms with E-state index in [1.54, 1.807) is 21.6 Å². The number of amides is 1. The minimum absolute atomic E-state index is 0.119. The van der Waals surface area contributed by atoms with Gasteiger partial charge < -0.3 is 9.64 Å². The van der Waals surface area contributed by atoms with Crippen LogP contribution in [0.25, 0.3) is 29.0 Å². The average molecular weight is 500 g/mol. The number of rotatable bonds is 6. The van der Waals surface area contributed by atoms with E-state index in [2.05, 4.69) is 25.7 Å². The predicted molar refractivity (Wildman–Crippen MR) is 144 cm³/mol. The molecule has 0 radical (unpaired) electrons. The molecule has 5 rings (SSSR count). The number of imidazole rings is 1. The van der Waals surface area contributed by atoms with E-state index in [1.807, 2.05) is 34.9 Å². The fourth-order valence-corrected chi connectivity index (χ4v) is 5.20. The fraction of sp³-hybridized carbons (Fsp3) is 0.267. The second kappa shape index (κ2) is 10.1. The van der Waals surface area contributed by atoms with Crippen molar-refractivity contribution >= 4 is 18.1 Å². The quantitative estimate of drug-likeness (QED) is 0.486. The summed E-state index contributed by atoms with van der Waals surface area (Å²) < 4.78 is 23.3. The number of aromatic nitrogens is 2. The number of hydrogen-bond donors (Lipinski definition) is 0. The van der Waals surface area contributed by atoms with Gasteiger partial charge in [-0.2, -0.15) is 0 Å². The van der Waals surface area contributed by atoms with Crippen molar-refractivity contribution in [2.75, 3.05) is 20.2 Å². The molecule has 0 spiro atoms. The molecule has 1 aliphatic carbocycles. The lowest BCUT2D eigenvalue weighted by molar-refractivity contribution is -0.125. The first-order valence-corrected chi connectivity index (χ1v) is 12.5. The molecule has 1 atom stereocenters. The lowest BCUT2D eigenvalue weighted by Gasteiger charge is -2.15. The van der Waals surface area contributed by atoms with Gasteiger partial charge in [-0.1, -0.05) is 43.4 Å². The molecule has 0 bridgehead atoms. The molecule has 1 fully saturated rings. The van der Waals surface area contributed by atoms with Crippen molar-refractivity contribution in [1.29, 1.82) is 0 Å². The normalized spacial score (nSPS) is 16.8. The summed E-state index contributed by atoms with van der Waals surface area (Å²) >= 11 is 0. The molecular weight excluding hydrogens is 469 g/mol. The summed E-state index contributed by atoms with van der Waals surface area (Å²) in [7, 11) is 1.50. The fourth-order valence-electron chi connectivity index (χ4n) is 5.20. The largest absolute Gasteiger partial charge is 0.497 e. The van der Waals surface area contributed by atoms with Crippen molar-refractivity contribution in [3.63, 3.8) is 0 Å². The second-order valence-electron chi connectivity index (χ2n) is 9.34. The maximum atomic E-state index is 14.7. The molecular formula is C30H30FN3O3. The van der Waals surface area contributed by atoms with Gasteiger partial charge in [-0.05, 0) is 61.2 Å². The number of nitrogens with zero attached hydrogens (tertiary/aromatic N) is 3. The molecule has 1 amide bonds. The Morgan fingerprint density at radius 3 is 2.62 bits per heavy atom. The predicted octanol–water partition coefficient (Wildman–Crippen LogP) is 3.71. The smallest absolute Gasteiger partial charge is 0.334 e. The van der Waals surface area contributed by atoms with Crippen LogP contribution in [0.15, 0.2) is 71.6 Å². The molecule has 3 aromatic rings. The summed E-state index contributed by atoms with van der Waals surface area (Å²) in [6, 6.07) is 12.0. The van der Waals surface area contributed by atoms with E-state index >= 15 is 0 Å². The highest BCUT2D eigenvalue weighted by Gasteiger charge is 2.29. The van der Waals surface area contributed by atoms with E-state index in [4.69, 9.17) is 4.74 Å². The van der Waals surface area contributed by atoms with Crippen LogP contribution in [0.5, 0.6) is 5.75 Å². The Labute approximate surface area is 214 Å². The van der Waals surface area contributed by atoms with E-state index in [1.165, 1.54) is 24.8 Å². The molecule has 2 heterocycles. The van der Waals surface area contributed by atoms with Crippen LogP contribution in [0.3, 0.4) is 0 Å². The zero-order chi connectivity index (χ0) is 26.1. The summed E-state index contributed by atoms with van der Waals surface area (Å²) in [6.45, 7) is 6.77. The third-order valence-electron chi connectivity index (χ3n) is 7.28. The molecule has 0 N–H and O–H groups in total. The van der Waals surface area contributed by atoms with Crippen LogP contribution < -0.4 is 21.1 Å². The van der Waals surface area contributed by atoms with Gasteiger partial charge in [-0.3, -0.25) is 13.9 Å². The highest BCUT2D eigenvalue weighted by atomic mass is 19.1. The Morgan fingerprint density at radius 1 is 1.16 bits per heavy atom. The van der Waals surface area contributed by atoms with Crippen LogP contribution in [0.1, 0.15) is 32.2 Å². The standard InChI is InChI=1S/C30H30FN3O3/c1-4-20-6-14-27-28(15-7-20)34(23-16-17-32(19-23)29(35)5-2)30(36)33(27)22-10-8-21(9-11-22)25-13-12-24(37-3)18-26(25)31/h5,7-15,18,23H,2,4,6,16-17,19H2,1,3H3/t23-/m1/s1. The molecule has 37 heavy (non-hydrogen) atoms. The molecule has 1 aliphatic heterocycles. The molecule has 1 aromatic heterocycles. The van der Waals surface area contributed by atoms with Gasteiger partial charge in [0.1, 0.15) is 11.6 Å². The summed E-state index contributed by atoms with van der Waals surface area (Å²) in [5.74, 6) is -0.0306. The Kier molecular flexibility index (Phi) is 6.70. The van der Waals surface area contributed by atoms with Crippen LogP contribution in [-0.2, 0) is 4.79 Å². The van der Waals surface area contributed by atoms with E-state index in [0.717, 1.165) is 23.5 Å². The van der Waals surface area contributed by atoms with Gasteiger partial charge in [0.05, 0.1) is 29.5 Å². The van der Waals surface area contributed by atoms with Crippen LogP contribution in [0.4, 0.5) is 4.39 Å². The Hall–Kier alpha value is -4.13. The van der Waals surface area contributed by atoms with Gasteiger partial charge in [0.15, 0.2) is 0 Å². The number of fused-ring (bicyclic) bond motifs is 1. The number of halogens is 1. The first-order valence-electron chi connectivity index (χ1n) is 12.5. The van der Waals surface area contributed by atoms with Crippen LogP contribution in [0, 0.1) is 5.82 Å². The van der Waals surface area contributed by atoms with Crippen LogP contribution in [0.2, 0.25) is 0 Å². The highest BCUT2D eigenvalue weighted by molar-refractivity contribution is 5.87. The van der Waals surface area contributed by atoms with Gasteiger partial charge in [-0.25, -0.2) is 9.18 Å². The summed E-state index contributed by atoms with van der Waals surface area (Å²) in [6.07, 6.45) is 9.92. The average Bonchev–Trinajstić information content (AvgIpc) is 3.44. The van der Waals surface area contributed by atoms with Crippen LogP contribution >= 0.6 is 0 Å². The van der Waals surface area contributed by atoms with E-state index in [9.17, 15) is 14.0 Å². The number of carbonyl (C=O) groups is 1. The summed E-state index contributed by atoms with van der Waals surface area (Å²) in [4.78, 5) is 27.8. The number of carbonyl (C=O) groups excluding carboxylic acids is 1. The summed E-state index contributed by atoms with van der Waals surface area (Å²) in [5.41, 5.74) is 3.02. The first-order chi connectivity index (χ1) is 17.9. The van der Waals surface area contributed by atoms with Crippen molar-refractivity contribution in [2.45, 2.75) is 32.2 Å². The molecule has 6 nitrogen and oxygen atoms in total. The minimum Gasteiger partial charge on any atom is -0.497 e. The van der Waals surface area contributed by atoms with Gasteiger partial charge in [0, 0.05) is 24.7 Å². The number of hydrogen-bond acceptors (Lipinski definition) is 3. The Bertz CT molecular complexity index is 1580. The number of benzene rings is 2. The van der Waals surface area contributed by atoms with Gasteiger partial charge in [0.25, 0.3) is 0 Å². The zero-order valence-corrected chi connectivity index (χ0v) is 21.1. The zero-order valence-electron chi connectivity index (χ0n) is 21.1. The Balaban J connectivity index is 1.60. The molecule has 0 saturated carbocycles. The number of ether oxygens (including phenoxy) is 1. The maximum absolute atomic E-state index is 14.7. The lowest BCUT2D eigenvalue weighted by atomic mass is 10.0. The summed E-state index contributed by atoms with van der Waals surface area (Å²) in [5, 5.41) is 1.68. The van der Waals surface area contributed by atoms with Crippen molar-refractivity contribution in [1.82, 2.24) is 14.0 Å². The highest BCUT2D eigenvalue weighted by Crippen LogP contribution is 2.27. The molecule has 0 unspecified atom stereocenters. The van der Waals surface area contributed by atoms with E-state index < -0.39 is 0 Å². The van der Waals surface area contributed by atoms with Crippen molar-refractivity contribution in [2.24, 2.45) is 0 Å². The van der Waals surface area contributed by atoms with Crippen molar-refractivity contribution in [3.8, 4) is 22.6 Å². The van der Waals surface area contributed by atoms with Gasteiger partial charge in [0.2, 0.25) is 5.91 Å². The second-order valence-corrected chi connectivity index (χ2v) is 9.34. The first kappa shape index (κ1) is 24.6. The number of allylic oxidation sites excluding steroid dienone is 2. The minimum atomic E-state index is -0.370. The Morgan fingerprint density at radius 2 is 1.95 bits per heavy atom. The molecule has 7 heteroatoms. The number of methoxy groups -OCH3 is 1. The monoisotopic (exact) mass is 499 g/mol. The van der Waals surface area contributed by atoms with E-state index in [0.29, 0.717) is 42.1 Å². The SMILES string of the molecule is C=CC(=O)N1CC[C@@H](n2c3c(n(-c4ccc(-c5ccc(OC)cc5F)cc4)c2=O)=CCC(CC)=CC=3)C1. The third kappa shape index (κ3) is 4.46. The van der Waals surface area contributed by atoms with Crippen LogP contribution in [-0.4, -0.2) is 40.1 Å². The maximum Gasteiger partial charge on any atom is 0.334 e. The molecule has 2 aromatic carbocycles. The van der Waals surface area contributed by atoms with Crippen molar-refractivity contribution < 1.29 is 13.9 Å². The lowest BCUT2D eigenvalue weighted by Crippen LogP contribution is -2.36. The number of likely N-dealkylation sites (tertiary alicyclic amines) is 1. The third-order valence-corrected chi connectivity index (χ3v) is 7.28. The van der Waals surface area contributed by atoms with Gasteiger partial charge >= 0.3 is 5.69 Å². The van der Waals surface area contributed by atoms with Crippen molar-refractivity contribution in [3.05, 3.63) is 93.8 Å². The molecule has 2 aliphatic rings. The molecule has 190 valence electrons.